The topological polar surface area (TPSA) is 197 Å². The van der Waals surface area contributed by atoms with Gasteiger partial charge in [0.05, 0.1) is 31.6 Å². The third kappa shape index (κ3) is 8.98. The number of morpholine rings is 1. The molecule has 63 heavy (non-hydrogen) atoms. The van der Waals surface area contributed by atoms with Crippen molar-refractivity contribution in [2.24, 2.45) is 17.8 Å². The minimum Gasteiger partial charge on any atom is -0.497 e. The van der Waals surface area contributed by atoms with E-state index in [1.165, 1.54) is 21.0 Å². The second-order valence-electron chi connectivity index (χ2n) is 18.6. The van der Waals surface area contributed by atoms with Crippen LogP contribution in [0, 0.1) is 17.8 Å². The van der Waals surface area contributed by atoms with Crippen LogP contribution in [0.2, 0.25) is 0 Å². The van der Waals surface area contributed by atoms with Crippen molar-refractivity contribution in [1.29, 1.82) is 0 Å². The van der Waals surface area contributed by atoms with Crippen molar-refractivity contribution < 1.29 is 60.1 Å². The summed E-state index contributed by atoms with van der Waals surface area (Å²) in [5.74, 6) is -3.39. The van der Waals surface area contributed by atoms with Gasteiger partial charge in [-0.3, -0.25) is 24.0 Å². The summed E-state index contributed by atoms with van der Waals surface area (Å²) >= 11 is 0. The van der Waals surface area contributed by atoms with E-state index in [0.29, 0.717) is 88.2 Å². The number of carbonyl (C=O) groups excluding carboxylic acids is 3. The average molecular weight is 907 g/mol. The molecule has 20 heteroatoms. The van der Waals surface area contributed by atoms with Crippen LogP contribution in [0.1, 0.15) is 79.6 Å². The number of amides is 4. The molecule has 2 saturated carbocycles. The molecule has 0 spiro atoms. The van der Waals surface area contributed by atoms with Crippen LogP contribution in [-0.4, -0.2) is 132 Å². The van der Waals surface area contributed by atoms with Crippen molar-refractivity contribution in [3.63, 3.8) is 0 Å². The first kappa shape index (κ1) is 46.2. The Kier molecular flexibility index (Phi) is 12.4. The van der Waals surface area contributed by atoms with Gasteiger partial charge in [-0.05, 0) is 101 Å². The van der Waals surface area contributed by atoms with Gasteiger partial charge in [-0.15, -0.1) is 0 Å². The first-order chi connectivity index (χ1) is 29.5. The first-order valence-electron chi connectivity index (χ1n) is 21.4. The molecule has 7 rings (SSSR count). The van der Waals surface area contributed by atoms with Gasteiger partial charge >= 0.3 is 12.3 Å². The van der Waals surface area contributed by atoms with E-state index in [9.17, 15) is 41.1 Å². The number of anilines is 1. The Morgan fingerprint density at radius 2 is 1.79 bits per heavy atom. The Morgan fingerprint density at radius 1 is 1.10 bits per heavy atom. The number of nitrogens with zero attached hydrogens (tertiary/aromatic N) is 4. The maximum atomic E-state index is 15.2. The van der Waals surface area contributed by atoms with E-state index in [1.54, 1.807) is 24.3 Å². The van der Waals surface area contributed by atoms with Crippen LogP contribution < -0.4 is 24.4 Å². The van der Waals surface area contributed by atoms with Crippen molar-refractivity contribution in [1.82, 2.24) is 24.8 Å². The summed E-state index contributed by atoms with van der Waals surface area (Å²) in [4.78, 5) is 65.1. The van der Waals surface area contributed by atoms with Gasteiger partial charge in [-0.1, -0.05) is 26.0 Å². The van der Waals surface area contributed by atoms with Crippen LogP contribution in [0.3, 0.4) is 0 Å². The van der Waals surface area contributed by atoms with Crippen molar-refractivity contribution in [2.45, 2.75) is 120 Å². The molecule has 346 valence electrons. The number of hydrogen-bond donors (Lipinski definition) is 3. The minimum absolute atomic E-state index is 0.0450. The number of alkyl halides is 3. The van der Waals surface area contributed by atoms with Crippen molar-refractivity contribution in [2.75, 3.05) is 44.9 Å². The fraction of sp³-hybridized carbons (Fsp3) is 0.651. The highest BCUT2D eigenvalue weighted by Crippen LogP contribution is 2.48. The number of fused-ring (bicyclic) bond motifs is 3. The number of methoxy groups -OCH3 is 1. The quantitative estimate of drug-likeness (QED) is 0.285. The van der Waals surface area contributed by atoms with Crippen LogP contribution >= 0.6 is 0 Å². The number of nitrogens with one attached hydrogen (secondary N) is 2. The van der Waals surface area contributed by atoms with E-state index < -0.39 is 85.9 Å². The summed E-state index contributed by atoms with van der Waals surface area (Å²) in [6.45, 7) is 7.93. The SMILES string of the molecule is COc1ccc2c(O[C@@H]3C[C@H]4C(=O)N[C@]5(C(=O)NS(=O)(=O)C6(C)CC6)C[C@H]5C=CCC[C@@H](C)C[C@@H](C)[C@H](N(C(=O)O)C(C)(C)C(F)(F)F)C(=O)N4C3)nc(N3CCOCC3)cc2c1. The number of rotatable bonds is 9. The van der Waals surface area contributed by atoms with Crippen molar-refractivity contribution >= 4 is 50.4 Å². The summed E-state index contributed by atoms with van der Waals surface area (Å²) in [6, 6.07) is 3.72. The molecule has 5 aliphatic rings. The number of halogens is 3. The fourth-order valence-corrected chi connectivity index (χ4v) is 10.4. The zero-order chi connectivity index (χ0) is 45.9. The highest BCUT2D eigenvalue weighted by atomic mass is 32.2. The van der Waals surface area contributed by atoms with Crippen molar-refractivity contribution in [3.8, 4) is 11.6 Å². The number of carbonyl (C=O) groups is 4. The Morgan fingerprint density at radius 3 is 2.43 bits per heavy atom. The average Bonchev–Trinajstić information content (AvgIpc) is 4.10. The lowest BCUT2D eigenvalue weighted by molar-refractivity contribution is -0.222. The molecule has 4 heterocycles. The van der Waals surface area contributed by atoms with Gasteiger partial charge < -0.3 is 34.4 Å². The van der Waals surface area contributed by atoms with Crippen LogP contribution in [0.5, 0.6) is 11.6 Å². The Balaban J connectivity index is 1.31. The minimum atomic E-state index is -5.11. The number of aromatic nitrogens is 1. The molecule has 2 aliphatic carbocycles. The van der Waals surface area contributed by atoms with E-state index in [4.69, 9.17) is 19.2 Å². The number of benzene rings is 1. The largest absolute Gasteiger partial charge is 0.497 e. The van der Waals surface area contributed by atoms with E-state index in [0.717, 1.165) is 4.90 Å². The van der Waals surface area contributed by atoms with Crippen LogP contribution in [-0.2, 0) is 29.1 Å². The van der Waals surface area contributed by atoms with Gasteiger partial charge in [0.1, 0.15) is 40.8 Å². The fourth-order valence-electron chi connectivity index (χ4n) is 9.10. The van der Waals surface area contributed by atoms with Gasteiger partial charge in [0.15, 0.2) is 0 Å². The molecule has 0 unspecified atom stereocenters. The third-order valence-electron chi connectivity index (χ3n) is 13.6. The predicted octanol–water partition coefficient (Wildman–Crippen LogP) is 5.00. The molecule has 4 fully saturated rings. The number of allylic oxidation sites excluding steroid dienone is 1. The molecule has 3 aliphatic heterocycles. The molecule has 4 amide bonds. The summed E-state index contributed by atoms with van der Waals surface area (Å²) in [5.41, 5.74) is -4.78. The molecule has 1 aromatic carbocycles. The molecule has 0 bridgehead atoms. The van der Waals surface area contributed by atoms with Gasteiger partial charge in [0, 0.05) is 30.8 Å². The smallest absolute Gasteiger partial charge is 0.411 e. The molecule has 3 N–H and O–H groups in total. The third-order valence-corrected chi connectivity index (χ3v) is 15.7. The number of sulfonamides is 1. The van der Waals surface area contributed by atoms with Gasteiger partial charge in [0.25, 0.3) is 5.91 Å². The highest BCUT2D eigenvalue weighted by molar-refractivity contribution is 7.91. The second-order valence-corrected chi connectivity index (χ2v) is 20.8. The molecule has 0 radical (unpaired) electrons. The van der Waals surface area contributed by atoms with Crippen LogP contribution in [0.4, 0.5) is 23.8 Å². The summed E-state index contributed by atoms with van der Waals surface area (Å²) in [5, 5.41) is 14.6. The lowest BCUT2D eigenvalue weighted by Crippen LogP contribution is -2.66. The summed E-state index contributed by atoms with van der Waals surface area (Å²) < 4.78 is 89.7. The lowest BCUT2D eigenvalue weighted by atomic mass is 9.85. The number of carboxylic acid groups (broad SMARTS) is 1. The standard InChI is InChI=1S/C43H57F3N6O10S/c1-25-9-7-8-10-28-23-42(28,38(55)49-63(58,59)41(5)13-14-41)48-35(53)32-22-30(24-51(32)37(54)34(26(2)19-25)52(39(56)57)40(3,4)43(44,45)46)62-36-31-12-11-29(60-6)20-27(31)21-33(47-36)50-15-17-61-18-16-50/h8,10-12,20-21,25-26,28,30,32,34H,7,9,13-19,22-24H2,1-6H3,(H,48,53)(H,49,55)(H,56,57)/t25-,26-,28-,30-,32+,34+,42-/m1/s1. The monoisotopic (exact) mass is 906 g/mol. The van der Waals surface area contributed by atoms with Crippen LogP contribution in [0.15, 0.2) is 36.4 Å². The Hall–Kier alpha value is -4.85. The molecule has 2 saturated heterocycles. The molecule has 1 aromatic heterocycles. The number of hydrogen-bond acceptors (Lipinski definition) is 11. The number of pyridine rings is 1. The normalized spacial score (nSPS) is 29.1. The Bertz CT molecular complexity index is 2270. The maximum absolute atomic E-state index is 15.2. The van der Waals surface area contributed by atoms with E-state index in [1.807, 2.05) is 24.0 Å². The molecule has 2 aromatic rings. The second kappa shape index (κ2) is 16.9. The predicted molar refractivity (Wildman–Crippen MR) is 225 cm³/mol. The van der Waals surface area contributed by atoms with Gasteiger partial charge in [0.2, 0.25) is 27.7 Å². The lowest BCUT2D eigenvalue weighted by Gasteiger charge is -2.45. The summed E-state index contributed by atoms with van der Waals surface area (Å²) in [7, 11) is -2.61. The van der Waals surface area contributed by atoms with E-state index in [2.05, 4.69) is 10.0 Å². The molecule has 7 atom stereocenters. The van der Waals surface area contributed by atoms with Gasteiger partial charge in [-0.2, -0.15) is 18.2 Å². The molecule has 16 nitrogen and oxygen atoms in total. The van der Waals surface area contributed by atoms with E-state index in [-0.39, 0.29) is 42.5 Å². The zero-order valence-electron chi connectivity index (χ0n) is 36.4. The molecular weight excluding hydrogens is 850 g/mol. The van der Waals surface area contributed by atoms with Crippen molar-refractivity contribution in [3.05, 3.63) is 36.4 Å². The molecular formula is C43H57F3N6O10S. The Labute approximate surface area is 364 Å². The maximum Gasteiger partial charge on any atom is 0.411 e. The first-order valence-corrected chi connectivity index (χ1v) is 22.9. The van der Waals surface area contributed by atoms with Crippen LogP contribution in [0.25, 0.3) is 10.8 Å². The van der Waals surface area contributed by atoms with Gasteiger partial charge in [-0.25, -0.2) is 13.2 Å². The van der Waals surface area contributed by atoms with E-state index >= 15 is 4.79 Å². The summed E-state index contributed by atoms with van der Waals surface area (Å²) in [6.07, 6.45) is -2.91. The zero-order valence-corrected chi connectivity index (χ0v) is 37.2. The highest BCUT2D eigenvalue weighted by Gasteiger charge is 2.64. The number of ether oxygens (including phenoxy) is 3.